The van der Waals surface area contributed by atoms with E-state index in [1.165, 1.54) is 13.8 Å². The average Bonchev–Trinajstić information content (AvgIpc) is 2.38. The molecule has 0 aliphatic carbocycles. The van der Waals surface area contributed by atoms with Crippen molar-refractivity contribution >= 4 is 0 Å². The average molecular weight is 297 g/mol. The van der Waals surface area contributed by atoms with Crippen molar-refractivity contribution in [2.45, 2.75) is 56.4 Å². The Hall–Kier alpha value is -2.19. The van der Waals surface area contributed by atoms with Crippen molar-refractivity contribution in [2.24, 2.45) is 15.3 Å². The maximum Gasteiger partial charge on any atom is 0.163 e. The van der Waals surface area contributed by atoms with Crippen molar-refractivity contribution in [2.75, 3.05) is 0 Å². The third-order valence-corrected chi connectivity index (χ3v) is 3.11. The minimum Gasteiger partial charge on any atom is -0.393 e. The van der Waals surface area contributed by atoms with E-state index in [1.807, 2.05) is 0 Å². The number of aliphatic hydroxyl groups is 2. The van der Waals surface area contributed by atoms with Gasteiger partial charge in [0.1, 0.15) is 0 Å². The summed E-state index contributed by atoms with van der Waals surface area (Å²) in [5.74, 6) is -1.68. The lowest BCUT2D eigenvalue weighted by Gasteiger charge is -2.44. The topological polar surface area (TPSA) is 196 Å². The van der Waals surface area contributed by atoms with Crippen molar-refractivity contribution < 1.29 is 14.9 Å². The summed E-state index contributed by atoms with van der Waals surface area (Å²) in [6, 6.07) is -3.03. The SMILES string of the molecule is CC(O)C(N=[N+]=[N-])C1OC(C)(O)C[C@@H](N=[N+]=[N-])[C@H]1N=[N+]=[N-]. The summed E-state index contributed by atoms with van der Waals surface area (Å²) in [6.45, 7) is 2.70. The van der Waals surface area contributed by atoms with E-state index >= 15 is 0 Å². The molecular weight excluding hydrogens is 282 g/mol. The van der Waals surface area contributed by atoms with E-state index in [1.54, 1.807) is 0 Å². The van der Waals surface area contributed by atoms with Gasteiger partial charge in [0, 0.05) is 21.2 Å². The van der Waals surface area contributed by atoms with Gasteiger partial charge in [0.25, 0.3) is 0 Å². The smallest absolute Gasteiger partial charge is 0.163 e. The quantitative estimate of drug-likeness (QED) is 0.444. The highest BCUT2D eigenvalue weighted by Gasteiger charge is 2.47. The Bertz CT molecular complexity index is 517. The lowest BCUT2D eigenvalue weighted by molar-refractivity contribution is -0.256. The zero-order chi connectivity index (χ0) is 16.0. The van der Waals surface area contributed by atoms with Crippen molar-refractivity contribution in [3.8, 4) is 0 Å². The van der Waals surface area contributed by atoms with Gasteiger partial charge in [0.15, 0.2) is 5.79 Å². The predicted octanol–water partition coefficient (Wildman–Crippen LogP) is 1.90. The summed E-state index contributed by atoms with van der Waals surface area (Å²) in [5.41, 5.74) is 25.8. The van der Waals surface area contributed by atoms with Crippen molar-refractivity contribution in [1.29, 1.82) is 0 Å². The monoisotopic (exact) mass is 297 g/mol. The Morgan fingerprint density at radius 2 is 1.86 bits per heavy atom. The number of ether oxygens (including phenoxy) is 1. The molecule has 6 atom stereocenters. The number of azide groups is 3. The maximum absolute atomic E-state index is 10.1. The predicted molar refractivity (Wildman–Crippen MR) is 70.6 cm³/mol. The van der Waals surface area contributed by atoms with Crippen LogP contribution < -0.4 is 0 Å². The molecule has 1 rings (SSSR count). The van der Waals surface area contributed by atoms with Crippen LogP contribution >= 0.6 is 0 Å². The number of hydrogen-bond acceptors (Lipinski definition) is 6. The summed E-state index contributed by atoms with van der Waals surface area (Å²) >= 11 is 0. The first-order valence-electron chi connectivity index (χ1n) is 6.07. The minimum atomic E-state index is -1.68. The normalized spacial score (nSPS) is 34.6. The Morgan fingerprint density at radius 1 is 1.24 bits per heavy atom. The van der Waals surface area contributed by atoms with E-state index in [9.17, 15) is 10.2 Å². The molecule has 0 aromatic heterocycles. The molecule has 4 unspecified atom stereocenters. The molecule has 1 saturated heterocycles. The molecule has 0 bridgehead atoms. The standard InChI is InChI=1S/C9H15N9O3/c1-4(19)6(14-17-11)8-7(15-18-12)5(13-16-10)3-9(2,20)21-8/h4-8,19-20H,3H2,1-2H3/t4?,5-,6?,7-,8?,9?/m1/s1. The van der Waals surface area contributed by atoms with Crippen molar-refractivity contribution in [3.05, 3.63) is 31.3 Å². The van der Waals surface area contributed by atoms with Crippen LogP contribution in [0.1, 0.15) is 20.3 Å². The third-order valence-electron chi connectivity index (χ3n) is 3.11. The lowest BCUT2D eigenvalue weighted by atomic mass is 9.88. The van der Waals surface area contributed by atoms with Gasteiger partial charge in [-0.1, -0.05) is 15.3 Å². The Balaban J connectivity index is 3.29. The summed E-state index contributed by atoms with van der Waals surface area (Å²) < 4.78 is 5.37. The minimum absolute atomic E-state index is 0.0972. The van der Waals surface area contributed by atoms with Gasteiger partial charge in [0.2, 0.25) is 0 Å². The van der Waals surface area contributed by atoms with Gasteiger partial charge in [-0.3, -0.25) is 0 Å². The third kappa shape index (κ3) is 4.14. The van der Waals surface area contributed by atoms with E-state index in [-0.39, 0.29) is 6.42 Å². The van der Waals surface area contributed by atoms with E-state index in [4.69, 9.17) is 21.3 Å². The van der Waals surface area contributed by atoms with Gasteiger partial charge < -0.3 is 14.9 Å². The second-order valence-electron chi connectivity index (χ2n) is 4.87. The summed E-state index contributed by atoms with van der Waals surface area (Å²) in [6.07, 6.45) is -2.35. The van der Waals surface area contributed by atoms with Crippen LogP contribution in [0.3, 0.4) is 0 Å². The molecular formula is C9H15N9O3. The van der Waals surface area contributed by atoms with Crippen LogP contribution in [0.2, 0.25) is 0 Å². The summed E-state index contributed by atoms with van der Waals surface area (Å²) in [4.78, 5) is 7.92. The van der Waals surface area contributed by atoms with E-state index in [2.05, 4.69) is 30.1 Å². The van der Waals surface area contributed by atoms with Gasteiger partial charge in [-0.25, -0.2) is 0 Å². The molecule has 0 aromatic carbocycles. The molecule has 1 fully saturated rings. The Morgan fingerprint density at radius 3 is 2.33 bits per heavy atom. The largest absolute Gasteiger partial charge is 0.393 e. The van der Waals surface area contributed by atoms with Gasteiger partial charge in [0.05, 0.1) is 30.3 Å². The molecule has 0 amide bonds. The summed E-state index contributed by atoms with van der Waals surface area (Å²) in [5, 5.41) is 30.2. The van der Waals surface area contributed by atoms with Gasteiger partial charge >= 0.3 is 0 Å². The highest BCUT2D eigenvalue weighted by Crippen LogP contribution is 2.34. The number of rotatable bonds is 5. The van der Waals surface area contributed by atoms with E-state index < -0.39 is 36.1 Å². The second kappa shape index (κ2) is 7.00. The number of hydrogen-bond donors (Lipinski definition) is 2. The van der Waals surface area contributed by atoms with Gasteiger partial charge in [-0.15, -0.1) is 0 Å². The Labute approximate surface area is 119 Å². The first-order chi connectivity index (χ1) is 9.86. The maximum atomic E-state index is 10.1. The Kier molecular flexibility index (Phi) is 5.62. The fraction of sp³-hybridized carbons (Fsp3) is 1.00. The summed E-state index contributed by atoms with van der Waals surface area (Å²) in [7, 11) is 0. The van der Waals surface area contributed by atoms with Gasteiger partial charge in [-0.2, -0.15) is 0 Å². The fourth-order valence-electron chi connectivity index (χ4n) is 2.28. The molecule has 2 N–H and O–H groups in total. The molecule has 21 heavy (non-hydrogen) atoms. The molecule has 0 spiro atoms. The van der Waals surface area contributed by atoms with Crippen LogP contribution in [0.5, 0.6) is 0 Å². The lowest BCUT2D eigenvalue weighted by Crippen LogP contribution is -2.57. The van der Waals surface area contributed by atoms with Crippen LogP contribution in [-0.2, 0) is 4.74 Å². The van der Waals surface area contributed by atoms with Crippen LogP contribution in [0.4, 0.5) is 0 Å². The molecule has 0 aromatic rings. The molecule has 114 valence electrons. The molecule has 1 aliphatic heterocycles. The highest BCUT2D eigenvalue weighted by atomic mass is 16.6. The molecule has 12 nitrogen and oxygen atoms in total. The van der Waals surface area contributed by atoms with Crippen molar-refractivity contribution in [3.63, 3.8) is 0 Å². The second-order valence-corrected chi connectivity index (χ2v) is 4.87. The van der Waals surface area contributed by atoms with Gasteiger partial charge in [-0.05, 0) is 30.4 Å². The fourth-order valence-corrected chi connectivity index (χ4v) is 2.28. The van der Waals surface area contributed by atoms with Crippen LogP contribution in [-0.4, -0.2) is 46.3 Å². The van der Waals surface area contributed by atoms with Crippen LogP contribution in [0.25, 0.3) is 31.3 Å². The zero-order valence-electron chi connectivity index (χ0n) is 11.4. The molecule has 12 heteroatoms. The zero-order valence-corrected chi connectivity index (χ0v) is 11.4. The molecule has 1 aliphatic rings. The van der Waals surface area contributed by atoms with E-state index in [0.717, 1.165) is 0 Å². The van der Waals surface area contributed by atoms with E-state index in [0.29, 0.717) is 0 Å². The van der Waals surface area contributed by atoms with Crippen LogP contribution in [0.15, 0.2) is 15.3 Å². The molecule has 1 heterocycles. The molecule has 0 radical (unpaired) electrons. The number of nitrogens with zero attached hydrogens (tertiary/aromatic N) is 9. The van der Waals surface area contributed by atoms with Crippen LogP contribution in [0, 0.1) is 0 Å². The highest BCUT2D eigenvalue weighted by molar-refractivity contribution is 5.02. The molecule has 0 saturated carbocycles. The first-order valence-corrected chi connectivity index (χ1v) is 6.07. The van der Waals surface area contributed by atoms with Crippen molar-refractivity contribution in [1.82, 2.24) is 0 Å². The first kappa shape index (κ1) is 16.9. The number of aliphatic hydroxyl groups excluding tert-OH is 1.